The number of carbonyl (C=O) groups excluding carboxylic acids is 1. The van der Waals surface area contributed by atoms with Crippen LogP contribution in [-0.2, 0) is 9.53 Å². The summed E-state index contributed by atoms with van der Waals surface area (Å²) in [5.74, 6) is 0.772. The Kier molecular flexibility index (Phi) is 6.36. The Bertz CT molecular complexity index is 602. The lowest BCUT2D eigenvalue weighted by atomic mass is 9.79. The first-order valence-corrected chi connectivity index (χ1v) is 10.2. The number of benzene rings is 1. The normalized spacial score (nSPS) is 29.6. The number of carbonyl (C=O) groups is 1. The van der Waals surface area contributed by atoms with Gasteiger partial charge in [0.25, 0.3) is 0 Å². The van der Waals surface area contributed by atoms with Crippen LogP contribution in [0.3, 0.4) is 0 Å². The zero-order chi connectivity index (χ0) is 18.7. The minimum atomic E-state index is 0.0394. The van der Waals surface area contributed by atoms with E-state index in [-0.39, 0.29) is 18.0 Å². The molecular formula is C22H34N2O2. The third-order valence-electron chi connectivity index (χ3n) is 6.36. The molecule has 4 heteroatoms. The maximum absolute atomic E-state index is 11.9. The molecule has 0 radical (unpaired) electrons. The summed E-state index contributed by atoms with van der Waals surface area (Å²) in [5, 5.41) is 0. The number of rotatable bonds is 4. The van der Waals surface area contributed by atoms with Crippen LogP contribution in [0.15, 0.2) is 18.2 Å². The number of nitrogens with two attached hydrogens (primary N) is 1. The molecule has 1 amide bonds. The van der Waals surface area contributed by atoms with E-state index in [4.69, 9.17) is 10.5 Å². The van der Waals surface area contributed by atoms with Crippen LogP contribution in [0.1, 0.15) is 68.1 Å². The molecule has 2 fully saturated rings. The van der Waals surface area contributed by atoms with Crippen LogP contribution in [0.25, 0.3) is 0 Å². The van der Waals surface area contributed by atoms with E-state index in [9.17, 15) is 4.79 Å². The largest absolute Gasteiger partial charge is 0.376 e. The lowest BCUT2D eigenvalue weighted by molar-refractivity contribution is -0.135. The molecule has 0 unspecified atom stereocenters. The predicted molar refractivity (Wildman–Crippen MR) is 105 cm³/mol. The average molecular weight is 359 g/mol. The summed E-state index contributed by atoms with van der Waals surface area (Å²) in [5.41, 5.74) is 10.7. The van der Waals surface area contributed by atoms with Crippen LogP contribution >= 0.6 is 0 Å². The lowest BCUT2D eigenvalue weighted by Crippen LogP contribution is -2.56. The maximum atomic E-state index is 11.9. The predicted octanol–water partition coefficient (Wildman–Crippen LogP) is 3.68. The zero-order valence-corrected chi connectivity index (χ0v) is 16.5. The molecule has 0 spiro atoms. The van der Waals surface area contributed by atoms with Gasteiger partial charge in [0.05, 0.1) is 18.8 Å². The SMILES string of the molecule is CC(=O)N1CCC[C@H](N)[C@@H]1CO[C@H]1CC[C@@H](c2c(C)cccc2C)CC1. The number of hydrogen-bond donors (Lipinski definition) is 1. The number of aryl methyl sites for hydroxylation is 2. The molecule has 1 aromatic carbocycles. The maximum Gasteiger partial charge on any atom is 0.219 e. The van der Waals surface area contributed by atoms with Crippen LogP contribution in [0.5, 0.6) is 0 Å². The summed E-state index contributed by atoms with van der Waals surface area (Å²) in [6, 6.07) is 6.69. The molecule has 3 rings (SSSR count). The highest BCUT2D eigenvalue weighted by Crippen LogP contribution is 2.37. The quantitative estimate of drug-likeness (QED) is 0.893. The number of ether oxygens (including phenoxy) is 1. The van der Waals surface area contributed by atoms with Gasteiger partial charge in [-0.15, -0.1) is 0 Å². The molecule has 26 heavy (non-hydrogen) atoms. The first-order chi connectivity index (χ1) is 12.5. The van der Waals surface area contributed by atoms with E-state index in [2.05, 4.69) is 32.0 Å². The minimum absolute atomic E-state index is 0.0394. The standard InChI is InChI=1S/C22H34N2O2/c1-15-6-4-7-16(2)22(15)18-9-11-19(12-10-18)26-14-21-20(23)8-5-13-24(21)17(3)25/h4,6-7,18-21H,5,8-14,23H2,1-3H3/t18-,19+,20-,21-/m0/s1. The Morgan fingerprint density at radius 1 is 1.15 bits per heavy atom. The highest BCUT2D eigenvalue weighted by atomic mass is 16.5. The van der Waals surface area contributed by atoms with Crippen molar-refractivity contribution >= 4 is 5.91 Å². The molecular weight excluding hydrogens is 324 g/mol. The van der Waals surface area contributed by atoms with E-state index >= 15 is 0 Å². The van der Waals surface area contributed by atoms with Crippen molar-refractivity contribution < 1.29 is 9.53 Å². The fourth-order valence-corrected chi connectivity index (χ4v) is 4.92. The summed E-state index contributed by atoms with van der Waals surface area (Å²) in [6.07, 6.45) is 6.85. The number of likely N-dealkylation sites (tertiary alicyclic amines) is 1. The van der Waals surface area contributed by atoms with Gasteiger partial charge in [0.2, 0.25) is 5.91 Å². The average Bonchev–Trinajstić information content (AvgIpc) is 2.61. The number of hydrogen-bond acceptors (Lipinski definition) is 3. The molecule has 2 aliphatic rings. The topological polar surface area (TPSA) is 55.6 Å². The smallest absolute Gasteiger partial charge is 0.219 e. The van der Waals surface area contributed by atoms with Gasteiger partial charge in [-0.25, -0.2) is 0 Å². The number of amides is 1. The van der Waals surface area contributed by atoms with Gasteiger partial charge in [-0.1, -0.05) is 18.2 Å². The van der Waals surface area contributed by atoms with Gasteiger partial charge in [-0.05, 0) is 75.0 Å². The molecule has 1 aliphatic carbocycles. The molecule has 1 saturated carbocycles. The second kappa shape index (κ2) is 8.53. The van der Waals surface area contributed by atoms with Crippen LogP contribution in [-0.4, -0.2) is 42.1 Å². The molecule has 1 aromatic rings. The molecule has 144 valence electrons. The Labute approximate surface area is 158 Å². The fourth-order valence-electron chi connectivity index (χ4n) is 4.92. The van der Waals surface area contributed by atoms with Crippen molar-refractivity contribution in [1.82, 2.24) is 4.90 Å². The molecule has 1 heterocycles. The van der Waals surface area contributed by atoms with Crippen LogP contribution in [0, 0.1) is 13.8 Å². The Balaban J connectivity index is 1.53. The van der Waals surface area contributed by atoms with Crippen molar-refractivity contribution in [2.24, 2.45) is 5.73 Å². The third kappa shape index (κ3) is 4.29. The van der Waals surface area contributed by atoms with Crippen molar-refractivity contribution in [3.05, 3.63) is 34.9 Å². The van der Waals surface area contributed by atoms with Crippen molar-refractivity contribution in [1.29, 1.82) is 0 Å². The molecule has 1 saturated heterocycles. The van der Waals surface area contributed by atoms with E-state index < -0.39 is 0 Å². The monoisotopic (exact) mass is 358 g/mol. The minimum Gasteiger partial charge on any atom is -0.376 e. The first kappa shape index (κ1) is 19.4. The van der Waals surface area contributed by atoms with Gasteiger partial charge in [0, 0.05) is 19.5 Å². The van der Waals surface area contributed by atoms with Gasteiger partial charge in [0.1, 0.15) is 0 Å². The van der Waals surface area contributed by atoms with Crippen molar-refractivity contribution in [3.63, 3.8) is 0 Å². The summed E-state index contributed by atoms with van der Waals surface area (Å²) in [4.78, 5) is 13.8. The molecule has 4 nitrogen and oxygen atoms in total. The van der Waals surface area contributed by atoms with Crippen LogP contribution in [0.2, 0.25) is 0 Å². The summed E-state index contributed by atoms with van der Waals surface area (Å²) < 4.78 is 6.24. The summed E-state index contributed by atoms with van der Waals surface area (Å²) in [6.45, 7) is 7.49. The number of nitrogens with zero attached hydrogens (tertiary/aromatic N) is 1. The third-order valence-corrected chi connectivity index (χ3v) is 6.36. The molecule has 0 aromatic heterocycles. The molecule has 2 atom stereocenters. The van der Waals surface area contributed by atoms with Gasteiger partial charge in [0.15, 0.2) is 0 Å². The second-order valence-corrected chi connectivity index (χ2v) is 8.20. The van der Waals surface area contributed by atoms with Crippen LogP contribution < -0.4 is 5.73 Å². The van der Waals surface area contributed by atoms with Crippen molar-refractivity contribution in [2.45, 2.75) is 83.4 Å². The molecule has 2 N–H and O–H groups in total. The number of piperidine rings is 1. The van der Waals surface area contributed by atoms with Gasteiger partial charge in [-0.3, -0.25) is 4.79 Å². The second-order valence-electron chi connectivity index (χ2n) is 8.20. The van der Waals surface area contributed by atoms with E-state index in [1.54, 1.807) is 12.5 Å². The van der Waals surface area contributed by atoms with Gasteiger partial charge < -0.3 is 15.4 Å². The van der Waals surface area contributed by atoms with E-state index in [0.29, 0.717) is 18.6 Å². The highest BCUT2D eigenvalue weighted by molar-refractivity contribution is 5.73. The molecule has 0 bridgehead atoms. The first-order valence-electron chi connectivity index (χ1n) is 10.2. The van der Waals surface area contributed by atoms with E-state index in [1.165, 1.54) is 24.0 Å². The van der Waals surface area contributed by atoms with Crippen molar-refractivity contribution in [2.75, 3.05) is 13.2 Å². The summed E-state index contributed by atoms with van der Waals surface area (Å²) >= 11 is 0. The summed E-state index contributed by atoms with van der Waals surface area (Å²) in [7, 11) is 0. The van der Waals surface area contributed by atoms with Crippen molar-refractivity contribution in [3.8, 4) is 0 Å². The fraction of sp³-hybridized carbons (Fsp3) is 0.682. The van der Waals surface area contributed by atoms with Gasteiger partial charge >= 0.3 is 0 Å². The highest BCUT2D eigenvalue weighted by Gasteiger charge is 2.32. The Morgan fingerprint density at radius 2 is 1.81 bits per heavy atom. The van der Waals surface area contributed by atoms with E-state index in [1.807, 2.05) is 4.90 Å². The Morgan fingerprint density at radius 3 is 2.42 bits per heavy atom. The van der Waals surface area contributed by atoms with Gasteiger partial charge in [-0.2, -0.15) is 0 Å². The zero-order valence-electron chi connectivity index (χ0n) is 16.5. The van der Waals surface area contributed by atoms with Crippen LogP contribution in [0.4, 0.5) is 0 Å². The lowest BCUT2D eigenvalue weighted by Gasteiger charge is -2.40. The Hall–Kier alpha value is -1.39. The molecule has 1 aliphatic heterocycles. The van der Waals surface area contributed by atoms with E-state index in [0.717, 1.165) is 32.2 Å².